The van der Waals surface area contributed by atoms with Crippen LogP contribution < -0.4 is 5.32 Å². The van der Waals surface area contributed by atoms with Crippen LogP contribution in [0.4, 0.5) is 10.5 Å². The molecule has 2 aromatic heterocycles. The highest BCUT2D eigenvalue weighted by Crippen LogP contribution is 2.29. The predicted molar refractivity (Wildman–Crippen MR) is 128 cm³/mol. The number of rotatable bonds is 6. The van der Waals surface area contributed by atoms with Gasteiger partial charge in [-0.2, -0.15) is 0 Å². The SMILES string of the molecule is CCCNc1cnccc1-c1ccc(C(=O)c2cn(C(=O)N(C)C)c3ccccc23)cc1. The Kier molecular flexibility index (Phi) is 6.03. The third-order valence-electron chi connectivity index (χ3n) is 5.39. The molecule has 32 heavy (non-hydrogen) atoms. The van der Waals surface area contributed by atoms with Gasteiger partial charge in [0.15, 0.2) is 5.78 Å². The Balaban J connectivity index is 1.69. The normalized spacial score (nSPS) is 10.8. The van der Waals surface area contributed by atoms with Gasteiger partial charge >= 0.3 is 6.03 Å². The highest BCUT2D eigenvalue weighted by molar-refractivity contribution is 6.17. The molecule has 4 aromatic rings. The van der Waals surface area contributed by atoms with Crippen LogP contribution in [0.15, 0.2) is 73.2 Å². The Labute approximate surface area is 187 Å². The fourth-order valence-electron chi connectivity index (χ4n) is 3.74. The number of carbonyl (C=O) groups excluding carboxylic acids is 2. The molecule has 2 heterocycles. The maximum Gasteiger partial charge on any atom is 0.328 e. The summed E-state index contributed by atoms with van der Waals surface area (Å²) in [4.78, 5) is 31.7. The summed E-state index contributed by atoms with van der Waals surface area (Å²) in [7, 11) is 3.39. The van der Waals surface area contributed by atoms with Gasteiger partial charge in [0, 0.05) is 55.1 Å². The minimum Gasteiger partial charge on any atom is -0.383 e. The van der Waals surface area contributed by atoms with E-state index in [0.29, 0.717) is 11.1 Å². The number of benzene rings is 2. The zero-order valence-electron chi connectivity index (χ0n) is 18.5. The standard InChI is InChI=1S/C26H26N4O2/c1-4-14-28-23-16-27-15-13-20(23)18-9-11-19(12-10-18)25(31)22-17-30(26(32)29(2)3)24-8-6-5-7-21(22)24/h5-13,15-17,28H,4,14H2,1-3H3. The van der Waals surface area contributed by atoms with Crippen LogP contribution >= 0.6 is 0 Å². The molecule has 6 heteroatoms. The molecule has 0 saturated heterocycles. The number of nitrogens with one attached hydrogen (secondary N) is 1. The van der Waals surface area contributed by atoms with Gasteiger partial charge in [0.1, 0.15) is 0 Å². The fourth-order valence-corrected chi connectivity index (χ4v) is 3.74. The van der Waals surface area contributed by atoms with Gasteiger partial charge in [0.05, 0.1) is 17.4 Å². The van der Waals surface area contributed by atoms with Crippen LogP contribution in [0, 0.1) is 0 Å². The number of nitrogens with zero attached hydrogens (tertiary/aromatic N) is 3. The molecule has 0 unspecified atom stereocenters. The topological polar surface area (TPSA) is 67.2 Å². The van der Waals surface area contributed by atoms with E-state index >= 15 is 0 Å². The Morgan fingerprint density at radius 1 is 1.03 bits per heavy atom. The zero-order valence-corrected chi connectivity index (χ0v) is 18.5. The number of ketones is 1. The number of pyridine rings is 1. The van der Waals surface area contributed by atoms with Gasteiger partial charge in [-0.1, -0.05) is 49.4 Å². The Morgan fingerprint density at radius 2 is 1.78 bits per heavy atom. The van der Waals surface area contributed by atoms with Crippen molar-refractivity contribution in [2.45, 2.75) is 13.3 Å². The van der Waals surface area contributed by atoms with Crippen LogP contribution in [0.1, 0.15) is 29.3 Å². The largest absolute Gasteiger partial charge is 0.383 e. The summed E-state index contributed by atoms with van der Waals surface area (Å²) in [5.41, 5.74) is 4.82. The van der Waals surface area contributed by atoms with E-state index in [2.05, 4.69) is 17.2 Å². The number of amides is 1. The molecule has 162 valence electrons. The summed E-state index contributed by atoms with van der Waals surface area (Å²) in [6.45, 7) is 2.98. The van der Waals surface area contributed by atoms with Crippen molar-refractivity contribution in [1.82, 2.24) is 14.5 Å². The van der Waals surface area contributed by atoms with Gasteiger partial charge in [0.25, 0.3) is 0 Å². The fraction of sp³-hybridized carbons (Fsp3) is 0.192. The first-order valence-electron chi connectivity index (χ1n) is 10.7. The lowest BCUT2D eigenvalue weighted by molar-refractivity contribution is 0.104. The van der Waals surface area contributed by atoms with Crippen LogP contribution in [0.25, 0.3) is 22.0 Å². The number of hydrogen-bond acceptors (Lipinski definition) is 4. The summed E-state index contributed by atoms with van der Waals surface area (Å²) in [6, 6.07) is 16.8. The molecule has 6 nitrogen and oxygen atoms in total. The molecule has 0 spiro atoms. The zero-order chi connectivity index (χ0) is 22.7. The highest BCUT2D eigenvalue weighted by Gasteiger charge is 2.20. The quantitative estimate of drug-likeness (QED) is 0.426. The molecule has 0 atom stereocenters. The minimum absolute atomic E-state index is 0.114. The molecule has 1 N–H and O–H groups in total. The average molecular weight is 427 g/mol. The van der Waals surface area contributed by atoms with Crippen molar-refractivity contribution in [1.29, 1.82) is 0 Å². The number of para-hydroxylation sites is 1. The lowest BCUT2D eigenvalue weighted by Crippen LogP contribution is -2.26. The first kappa shape index (κ1) is 21.3. The maximum absolute atomic E-state index is 13.4. The predicted octanol–water partition coefficient (Wildman–Crippen LogP) is 5.29. The molecule has 2 aromatic carbocycles. The highest BCUT2D eigenvalue weighted by atomic mass is 16.2. The number of aromatic nitrogens is 2. The first-order valence-corrected chi connectivity index (χ1v) is 10.7. The van der Waals surface area contributed by atoms with E-state index in [9.17, 15) is 9.59 Å². The monoisotopic (exact) mass is 426 g/mol. The molecule has 1 amide bonds. The molecule has 0 fully saturated rings. The van der Waals surface area contributed by atoms with Crippen LogP contribution in [0.5, 0.6) is 0 Å². The van der Waals surface area contributed by atoms with Gasteiger partial charge in [-0.05, 0) is 24.1 Å². The van der Waals surface area contributed by atoms with Gasteiger partial charge in [-0.25, -0.2) is 4.79 Å². The smallest absolute Gasteiger partial charge is 0.328 e. The lowest BCUT2D eigenvalue weighted by Gasteiger charge is -2.11. The van der Waals surface area contributed by atoms with Crippen LogP contribution in [-0.2, 0) is 0 Å². The Bertz CT molecular complexity index is 1270. The number of fused-ring (bicyclic) bond motifs is 1. The molecule has 4 rings (SSSR count). The van der Waals surface area contributed by atoms with Crippen molar-refractivity contribution < 1.29 is 9.59 Å². The van der Waals surface area contributed by atoms with E-state index in [0.717, 1.165) is 40.7 Å². The molecular weight excluding hydrogens is 400 g/mol. The number of hydrogen-bond donors (Lipinski definition) is 1. The average Bonchev–Trinajstić information content (AvgIpc) is 3.21. The molecule has 0 saturated carbocycles. The Morgan fingerprint density at radius 3 is 2.50 bits per heavy atom. The molecule has 0 radical (unpaired) electrons. The van der Waals surface area contributed by atoms with Gasteiger partial charge in [-0.3, -0.25) is 14.3 Å². The second-order valence-electron chi connectivity index (χ2n) is 7.86. The van der Waals surface area contributed by atoms with Gasteiger partial charge in [-0.15, -0.1) is 0 Å². The van der Waals surface area contributed by atoms with E-state index in [1.165, 1.54) is 9.47 Å². The number of carbonyl (C=O) groups is 2. The van der Waals surface area contributed by atoms with E-state index in [-0.39, 0.29) is 11.8 Å². The summed E-state index contributed by atoms with van der Waals surface area (Å²) in [6.07, 6.45) is 6.24. The van der Waals surface area contributed by atoms with Crippen molar-refractivity contribution in [2.75, 3.05) is 26.0 Å². The second-order valence-corrected chi connectivity index (χ2v) is 7.86. The van der Waals surface area contributed by atoms with Crippen molar-refractivity contribution in [3.05, 3.63) is 84.3 Å². The van der Waals surface area contributed by atoms with Crippen molar-refractivity contribution in [2.24, 2.45) is 0 Å². The van der Waals surface area contributed by atoms with Crippen LogP contribution in [-0.4, -0.2) is 46.9 Å². The third kappa shape index (κ3) is 3.99. The first-order chi connectivity index (χ1) is 15.5. The summed E-state index contributed by atoms with van der Waals surface area (Å²) >= 11 is 0. The second kappa shape index (κ2) is 9.06. The number of anilines is 1. The van der Waals surface area contributed by atoms with Crippen molar-refractivity contribution in [3.8, 4) is 11.1 Å². The van der Waals surface area contributed by atoms with Gasteiger partial charge in [0.2, 0.25) is 0 Å². The molecule has 0 aliphatic rings. The van der Waals surface area contributed by atoms with E-state index in [1.807, 2.05) is 60.8 Å². The van der Waals surface area contributed by atoms with Gasteiger partial charge < -0.3 is 10.2 Å². The summed E-state index contributed by atoms with van der Waals surface area (Å²) in [5, 5.41) is 4.16. The van der Waals surface area contributed by atoms with Crippen molar-refractivity contribution in [3.63, 3.8) is 0 Å². The van der Waals surface area contributed by atoms with E-state index in [1.54, 1.807) is 26.5 Å². The molecule has 0 bridgehead atoms. The molecular formula is C26H26N4O2. The minimum atomic E-state index is -0.194. The molecule has 0 aliphatic heterocycles. The van der Waals surface area contributed by atoms with E-state index in [4.69, 9.17) is 0 Å². The Hall–Kier alpha value is -3.93. The van der Waals surface area contributed by atoms with Crippen molar-refractivity contribution >= 4 is 28.4 Å². The van der Waals surface area contributed by atoms with Crippen LogP contribution in [0.2, 0.25) is 0 Å². The van der Waals surface area contributed by atoms with E-state index < -0.39 is 0 Å². The summed E-state index contributed by atoms with van der Waals surface area (Å²) < 4.78 is 1.53. The lowest BCUT2D eigenvalue weighted by atomic mass is 9.99. The maximum atomic E-state index is 13.4. The molecule has 0 aliphatic carbocycles. The third-order valence-corrected chi connectivity index (χ3v) is 5.39. The van der Waals surface area contributed by atoms with Crippen LogP contribution in [0.3, 0.4) is 0 Å². The summed E-state index contributed by atoms with van der Waals surface area (Å²) in [5.74, 6) is -0.114.